The van der Waals surface area contributed by atoms with E-state index in [4.69, 9.17) is 23.7 Å². The number of rotatable bonds is 10. The lowest BCUT2D eigenvalue weighted by atomic mass is 9.85. The Balaban J connectivity index is 1.70. The molecular weight excluding hydrogens is 502 g/mol. The summed E-state index contributed by atoms with van der Waals surface area (Å²) in [7, 11) is 4.97. The minimum Gasteiger partial charge on any atom is -0.496 e. The van der Waals surface area contributed by atoms with Crippen molar-refractivity contribution in [1.29, 1.82) is 0 Å². The Morgan fingerprint density at radius 2 is 1.48 bits per heavy atom. The Morgan fingerprint density at radius 1 is 0.800 bits per heavy atom. The lowest BCUT2D eigenvalue weighted by Gasteiger charge is -2.41. The van der Waals surface area contributed by atoms with E-state index < -0.39 is 0 Å². The van der Waals surface area contributed by atoms with Crippen LogP contribution in [0.3, 0.4) is 0 Å². The summed E-state index contributed by atoms with van der Waals surface area (Å²) in [5.41, 5.74) is 6.78. The molecule has 0 bridgehead atoms. The summed E-state index contributed by atoms with van der Waals surface area (Å²) in [5, 5.41) is 1.95. The summed E-state index contributed by atoms with van der Waals surface area (Å²) in [6.07, 6.45) is 0.938. The summed E-state index contributed by atoms with van der Waals surface area (Å²) in [4.78, 5) is 2.55. The van der Waals surface area contributed by atoms with Crippen molar-refractivity contribution in [3.8, 4) is 28.4 Å². The normalized spacial score (nSPS) is 17.1. The summed E-state index contributed by atoms with van der Waals surface area (Å²) in [6.45, 7) is 7.77. The molecule has 4 aromatic rings. The van der Waals surface area contributed by atoms with Gasteiger partial charge in [-0.15, -0.1) is 0 Å². The maximum Gasteiger partial charge on any atom is 0.188 e. The number of hydrogen-bond donors (Lipinski definition) is 0. The Bertz CT molecular complexity index is 1470. The van der Waals surface area contributed by atoms with Gasteiger partial charge in [-0.05, 0) is 61.4 Å². The van der Waals surface area contributed by atoms with E-state index >= 15 is 0 Å². The van der Waals surface area contributed by atoms with Crippen molar-refractivity contribution in [3.05, 3.63) is 89.0 Å². The first-order chi connectivity index (χ1) is 19.5. The molecule has 6 nitrogen and oxygen atoms in total. The highest BCUT2D eigenvalue weighted by atomic mass is 16.7. The first-order valence-corrected chi connectivity index (χ1v) is 13.8. The van der Waals surface area contributed by atoms with Crippen molar-refractivity contribution >= 4 is 10.8 Å². The Morgan fingerprint density at radius 3 is 2.17 bits per heavy atom. The van der Waals surface area contributed by atoms with Crippen molar-refractivity contribution in [2.75, 3.05) is 34.9 Å². The largest absolute Gasteiger partial charge is 0.496 e. The fourth-order valence-electron chi connectivity index (χ4n) is 6.01. The number of methoxy groups -OCH3 is 3. The first-order valence-electron chi connectivity index (χ1n) is 13.8. The van der Waals surface area contributed by atoms with Crippen molar-refractivity contribution in [2.45, 2.75) is 45.8 Å². The standard InChI is InChI=1S/C34H39NO5/c1-22-16-26-12-14-29(34(40-21-37-5)32(26)30(17-22)38-6)28-15-13-27-18-23(2)35(19-25-10-8-7-9-11-25)24(3)31(27)33(28)39-20-36-4/h7-17,23-24H,18-21H2,1-6H3/t23-,24-/m1/s1. The van der Waals surface area contributed by atoms with Crippen LogP contribution in [0, 0.1) is 6.92 Å². The molecular formula is C34H39NO5. The van der Waals surface area contributed by atoms with Crippen LogP contribution in [0.15, 0.2) is 66.7 Å². The highest BCUT2D eigenvalue weighted by molar-refractivity contribution is 6.00. The molecule has 0 aromatic heterocycles. The van der Waals surface area contributed by atoms with E-state index in [1.54, 1.807) is 21.3 Å². The topological polar surface area (TPSA) is 49.4 Å². The Kier molecular flexibility index (Phi) is 8.60. The molecule has 210 valence electrons. The molecule has 1 aliphatic rings. The Labute approximate surface area is 237 Å². The molecule has 0 radical (unpaired) electrons. The molecule has 40 heavy (non-hydrogen) atoms. The van der Waals surface area contributed by atoms with Gasteiger partial charge in [0.25, 0.3) is 0 Å². The molecule has 2 atom stereocenters. The predicted octanol–water partition coefficient (Wildman–Crippen LogP) is 7.30. The van der Waals surface area contributed by atoms with Gasteiger partial charge in [0.15, 0.2) is 13.6 Å². The quantitative estimate of drug-likeness (QED) is 0.196. The average molecular weight is 542 g/mol. The second-order valence-corrected chi connectivity index (χ2v) is 10.5. The van der Waals surface area contributed by atoms with Gasteiger partial charge < -0.3 is 23.7 Å². The SMILES string of the molecule is COCOc1c(-c2ccc3cc(C)cc(OC)c3c2OCOC)ccc2c1[C@@H](C)N(Cc1ccccc1)[C@H](C)C2. The van der Waals surface area contributed by atoms with Crippen molar-refractivity contribution in [1.82, 2.24) is 4.90 Å². The van der Waals surface area contributed by atoms with Gasteiger partial charge in [0.05, 0.1) is 12.5 Å². The lowest BCUT2D eigenvalue weighted by Crippen LogP contribution is -2.40. The van der Waals surface area contributed by atoms with Crippen LogP contribution < -0.4 is 14.2 Å². The minimum absolute atomic E-state index is 0.112. The van der Waals surface area contributed by atoms with Crippen LogP contribution in [0.25, 0.3) is 21.9 Å². The van der Waals surface area contributed by atoms with Crippen molar-refractivity contribution in [2.24, 2.45) is 0 Å². The molecule has 4 aromatic carbocycles. The first kappa shape index (κ1) is 28.0. The molecule has 6 heteroatoms. The van der Waals surface area contributed by atoms with Gasteiger partial charge in [0.2, 0.25) is 0 Å². The molecule has 1 aliphatic heterocycles. The van der Waals surface area contributed by atoms with Crippen molar-refractivity contribution in [3.63, 3.8) is 0 Å². The minimum atomic E-state index is 0.112. The number of fused-ring (bicyclic) bond motifs is 2. The van der Waals surface area contributed by atoms with E-state index in [1.807, 2.05) is 6.07 Å². The Hall–Kier alpha value is -3.58. The third kappa shape index (κ3) is 5.39. The van der Waals surface area contributed by atoms with Gasteiger partial charge in [-0.1, -0.05) is 54.6 Å². The summed E-state index contributed by atoms with van der Waals surface area (Å²) < 4.78 is 29.3. The van der Waals surface area contributed by atoms with Gasteiger partial charge in [-0.25, -0.2) is 0 Å². The van der Waals surface area contributed by atoms with E-state index in [-0.39, 0.29) is 19.6 Å². The zero-order valence-corrected chi connectivity index (χ0v) is 24.3. The van der Waals surface area contributed by atoms with Gasteiger partial charge in [0, 0.05) is 49.5 Å². The highest BCUT2D eigenvalue weighted by Gasteiger charge is 2.33. The van der Waals surface area contributed by atoms with E-state index in [2.05, 4.69) is 86.3 Å². The molecule has 1 heterocycles. The van der Waals surface area contributed by atoms with Crippen LogP contribution in [0.2, 0.25) is 0 Å². The zero-order chi connectivity index (χ0) is 28.2. The van der Waals surface area contributed by atoms with Gasteiger partial charge >= 0.3 is 0 Å². The van der Waals surface area contributed by atoms with Crippen LogP contribution in [0.1, 0.15) is 42.1 Å². The second kappa shape index (κ2) is 12.3. The molecule has 0 fully saturated rings. The van der Waals surface area contributed by atoms with Gasteiger partial charge in [-0.2, -0.15) is 0 Å². The average Bonchev–Trinajstić information content (AvgIpc) is 2.96. The molecule has 0 spiro atoms. The van der Waals surface area contributed by atoms with Crippen LogP contribution in [0.5, 0.6) is 17.2 Å². The summed E-state index contributed by atoms with van der Waals surface area (Å²) in [6, 6.07) is 24.0. The molecule has 0 saturated carbocycles. The van der Waals surface area contributed by atoms with E-state index in [9.17, 15) is 0 Å². The summed E-state index contributed by atoms with van der Waals surface area (Å²) in [5.74, 6) is 2.29. The van der Waals surface area contributed by atoms with Crippen LogP contribution in [-0.4, -0.2) is 45.9 Å². The van der Waals surface area contributed by atoms with Gasteiger partial charge in [0.1, 0.15) is 17.2 Å². The van der Waals surface area contributed by atoms with Crippen LogP contribution in [-0.2, 0) is 22.4 Å². The molecule has 0 amide bonds. The van der Waals surface area contributed by atoms with E-state index in [1.165, 1.54) is 16.7 Å². The monoisotopic (exact) mass is 541 g/mol. The maximum atomic E-state index is 6.42. The van der Waals surface area contributed by atoms with Gasteiger partial charge in [-0.3, -0.25) is 4.90 Å². The number of hydrogen-bond acceptors (Lipinski definition) is 6. The number of nitrogens with zero attached hydrogens (tertiary/aromatic N) is 1. The third-order valence-corrected chi connectivity index (χ3v) is 7.82. The predicted molar refractivity (Wildman–Crippen MR) is 159 cm³/mol. The third-order valence-electron chi connectivity index (χ3n) is 7.82. The molecule has 0 unspecified atom stereocenters. The van der Waals surface area contributed by atoms with Crippen LogP contribution in [0.4, 0.5) is 0 Å². The fourth-order valence-corrected chi connectivity index (χ4v) is 6.01. The van der Waals surface area contributed by atoms with Crippen LogP contribution >= 0.6 is 0 Å². The zero-order valence-electron chi connectivity index (χ0n) is 24.3. The maximum absolute atomic E-state index is 6.42. The van der Waals surface area contributed by atoms with Crippen molar-refractivity contribution < 1.29 is 23.7 Å². The lowest BCUT2D eigenvalue weighted by molar-refractivity contribution is 0.0470. The second-order valence-electron chi connectivity index (χ2n) is 10.5. The summed E-state index contributed by atoms with van der Waals surface area (Å²) >= 11 is 0. The molecule has 0 aliphatic carbocycles. The number of aryl methyl sites for hydroxylation is 1. The number of ether oxygens (including phenoxy) is 5. The fraction of sp³-hybridized carbons (Fsp3) is 0.353. The van der Waals surface area contributed by atoms with E-state index in [0.29, 0.717) is 11.8 Å². The van der Waals surface area contributed by atoms with E-state index in [0.717, 1.165) is 51.9 Å². The number of benzene rings is 4. The smallest absolute Gasteiger partial charge is 0.188 e. The molecule has 0 saturated heterocycles. The molecule has 5 rings (SSSR count). The molecule has 0 N–H and O–H groups in total. The highest BCUT2D eigenvalue weighted by Crippen LogP contribution is 2.49.